The van der Waals surface area contributed by atoms with Crippen molar-refractivity contribution in [2.24, 2.45) is 0 Å². The Labute approximate surface area is 93.4 Å². The van der Waals surface area contributed by atoms with E-state index in [1.165, 1.54) is 4.63 Å². The Bertz CT molecular complexity index is 450. The molecule has 2 aromatic heterocycles. The lowest BCUT2D eigenvalue weighted by Crippen LogP contribution is -2.16. The van der Waals surface area contributed by atoms with Crippen molar-refractivity contribution in [3.8, 4) is 0 Å². The molecule has 0 aliphatic carbocycles. The lowest BCUT2D eigenvalue weighted by Gasteiger charge is -2.09. The molecule has 7 heteroatoms. The van der Waals surface area contributed by atoms with Gasteiger partial charge in [-0.05, 0) is 49.6 Å². The molecule has 0 fully saturated rings. The normalized spacial score (nSPS) is 11.2. The zero-order valence-electron chi connectivity index (χ0n) is 9.46. The maximum Gasteiger partial charge on any atom is 0.200 e. The van der Waals surface area contributed by atoms with Crippen molar-refractivity contribution < 1.29 is 0 Å². The van der Waals surface area contributed by atoms with Crippen LogP contribution in [0.5, 0.6) is 0 Å². The largest absolute Gasteiger partial charge is 0.369 e. The summed E-state index contributed by atoms with van der Waals surface area (Å²) >= 11 is 0. The van der Waals surface area contributed by atoms with Crippen molar-refractivity contribution in [2.75, 3.05) is 32.5 Å². The fourth-order valence-electron chi connectivity index (χ4n) is 1.36. The molecule has 0 aliphatic rings. The van der Waals surface area contributed by atoms with Gasteiger partial charge in [-0.3, -0.25) is 0 Å². The minimum atomic E-state index is 0.652. The lowest BCUT2D eigenvalue weighted by molar-refractivity contribution is 0.405. The number of hydrogen-bond acceptors (Lipinski definition) is 6. The lowest BCUT2D eigenvalue weighted by atomic mass is 10.4. The predicted octanol–water partition coefficient (Wildman–Crippen LogP) is -0.117. The SMILES string of the molecule is CN(C)CCCNc1ccc2nnnn2n1. The maximum absolute atomic E-state index is 4.21. The zero-order valence-corrected chi connectivity index (χ0v) is 9.46. The molecule has 0 amide bonds. The van der Waals surface area contributed by atoms with E-state index < -0.39 is 0 Å². The van der Waals surface area contributed by atoms with Gasteiger partial charge in [-0.2, -0.15) is 0 Å². The van der Waals surface area contributed by atoms with E-state index >= 15 is 0 Å². The Morgan fingerprint density at radius 3 is 3.06 bits per heavy atom. The molecule has 2 aromatic rings. The molecule has 0 saturated carbocycles. The summed E-state index contributed by atoms with van der Waals surface area (Å²) in [6.07, 6.45) is 1.07. The van der Waals surface area contributed by atoms with E-state index in [-0.39, 0.29) is 0 Å². The molecule has 0 aromatic carbocycles. The first-order valence-corrected chi connectivity index (χ1v) is 5.20. The molecule has 0 bridgehead atoms. The van der Waals surface area contributed by atoms with E-state index in [4.69, 9.17) is 0 Å². The van der Waals surface area contributed by atoms with Crippen LogP contribution in [0.3, 0.4) is 0 Å². The average Bonchev–Trinajstić information content (AvgIpc) is 2.71. The van der Waals surface area contributed by atoms with Crippen LogP contribution in [-0.4, -0.2) is 57.3 Å². The highest BCUT2D eigenvalue weighted by Gasteiger charge is 1.99. The van der Waals surface area contributed by atoms with Crippen molar-refractivity contribution in [3.63, 3.8) is 0 Å². The van der Waals surface area contributed by atoms with Crippen LogP contribution in [0.4, 0.5) is 5.82 Å². The van der Waals surface area contributed by atoms with Crippen molar-refractivity contribution in [1.82, 2.24) is 30.2 Å². The molecule has 0 unspecified atom stereocenters. The van der Waals surface area contributed by atoms with Gasteiger partial charge in [0.1, 0.15) is 5.82 Å². The van der Waals surface area contributed by atoms with Crippen LogP contribution >= 0.6 is 0 Å². The van der Waals surface area contributed by atoms with Gasteiger partial charge >= 0.3 is 0 Å². The molecule has 0 spiro atoms. The van der Waals surface area contributed by atoms with Gasteiger partial charge in [0.05, 0.1) is 0 Å². The van der Waals surface area contributed by atoms with Crippen LogP contribution in [0.1, 0.15) is 6.42 Å². The average molecular weight is 221 g/mol. The first kappa shape index (κ1) is 10.7. The summed E-state index contributed by atoms with van der Waals surface area (Å²) < 4.78 is 1.41. The summed E-state index contributed by atoms with van der Waals surface area (Å²) in [6, 6.07) is 3.71. The predicted molar refractivity (Wildman–Crippen MR) is 60.2 cm³/mol. The number of hydrogen-bond donors (Lipinski definition) is 1. The molecule has 1 N–H and O–H groups in total. The Morgan fingerprint density at radius 1 is 1.38 bits per heavy atom. The molecule has 86 valence electrons. The summed E-state index contributed by atoms with van der Waals surface area (Å²) in [4.78, 5) is 2.15. The van der Waals surface area contributed by atoms with Gasteiger partial charge in [0, 0.05) is 6.54 Å². The van der Waals surface area contributed by atoms with E-state index in [1.807, 2.05) is 12.1 Å². The third kappa shape index (κ3) is 2.63. The molecular weight excluding hydrogens is 206 g/mol. The molecule has 0 saturated heterocycles. The van der Waals surface area contributed by atoms with Crippen molar-refractivity contribution in [1.29, 1.82) is 0 Å². The van der Waals surface area contributed by atoms with E-state index in [0.29, 0.717) is 5.65 Å². The Hall–Kier alpha value is -1.76. The minimum absolute atomic E-state index is 0.652. The zero-order chi connectivity index (χ0) is 11.4. The van der Waals surface area contributed by atoms with E-state index in [1.54, 1.807) is 0 Å². The van der Waals surface area contributed by atoms with Crippen LogP contribution < -0.4 is 5.32 Å². The number of rotatable bonds is 5. The van der Waals surface area contributed by atoms with Gasteiger partial charge < -0.3 is 10.2 Å². The van der Waals surface area contributed by atoms with Crippen molar-refractivity contribution in [2.45, 2.75) is 6.42 Å². The Kier molecular flexibility index (Phi) is 3.25. The summed E-state index contributed by atoms with van der Waals surface area (Å²) in [6.45, 7) is 1.94. The number of fused-ring (bicyclic) bond motifs is 1. The number of nitrogens with one attached hydrogen (secondary N) is 1. The highest BCUT2D eigenvalue weighted by molar-refractivity contribution is 5.41. The molecular formula is C9H15N7. The van der Waals surface area contributed by atoms with Crippen LogP contribution in [0.15, 0.2) is 12.1 Å². The minimum Gasteiger partial charge on any atom is -0.369 e. The van der Waals surface area contributed by atoms with Crippen LogP contribution in [0.25, 0.3) is 5.65 Å². The topological polar surface area (TPSA) is 71.2 Å². The van der Waals surface area contributed by atoms with Gasteiger partial charge in [-0.25, -0.2) is 0 Å². The molecule has 0 aliphatic heterocycles. The summed E-state index contributed by atoms with van der Waals surface area (Å²) in [7, 11) is 4.12. The molecule has 0 radical (unpaired) electrons. The van der Waals surface area contributed by atoms with Gasteiger partial charge in [-0.15, -0.1) is 14.8 Å². The summed E-state index contributed by atoms with van der Waals surface area (Å²) in [5, 5.41) is 18.5. The van der Waals surface area contributed by atoms with E-state index in [2.05, 4.69) is 44.9 Å². The first-order valence-electron chi connectivity index (χ1n) is 5.20. The highest BCUT2D eigenvalue weighted by atomic mass is 15.6. The van der Waals surface area contributed by atoms with Crippen LogP contribution in [0.2, 0.25) is 0 Å². The quantitative estimate of drug-likeness (QED) is 0.710. The summed E-state index contributed by atoms with van der Waals surface area (Å²) in [5.41, 5.74) is 0.652. The van der Waals surface area contributed by atoms with Gasteiger partial charge in [-0.1, -0.05) is 0 Å². The number of anilines is 1. The second kappa shape index (κ2) is 4.84. The number of nitrogens with zero attached hydrogens (tertiary/aromatic N) is 6. The van der Waals surface area contributed by atoms with Crippen molar-refractivity contribution in [3.05, 3.63) is 12.1 Å². The van der Waals surface area contributed by atoms with E-state index in [0.717, 1.165) is 25.3 Å². The third-order valence-electron chi connectivity index (χ3n) is 2.16. The first-order chi connectivity index (χ1) is 7.75. The fourth-order valence-corrected chi connectivity index (χ4v) is 1.36. The van der Waals surface area contributed by atoms with Crippen LogP contribution in [-0.2, 0) is 0 Å². The maximum atomic E-state index is 4.21. The van der Waals surface area contributed by atoms with Gasteiger partial charge in [0.25, 0.3) is 0 Å². The standard InChI is InChI=1S/C9H15N7/c1-15(2)7-3-6-10-8-4-5-9-11-13-14-16(9)12-8/h4-5H,3,6-7H2,1-2H3,(H,10,12). The molecule has 2 rings (SSSR count). The smallest absolute Gasteiger partial charge is 0.200 e. The monoisotopic (exact) mass is 221 g/mol. The van der Waals surface area contributed by atoms with Gasteiger partial charge in [0.2, 0.25) is 0 Å². The van der Waals surface area contributed by atoms with Crippen LogP contribution in [0, 0.1) is 0 Å². The Balaban J connectivity index is 1.89. The molecule has 7 nitrogen and oxygen atoms in total. The highest BCUT2D eigenvalue weighted by Crippen LogP contribution is 2.02. The molecule has 16 heavy (non-hydrogen) atoms. The second-order valence-electron chi connectivity index (χ2n) is 3.83. The second-order valence-corrected chi connectivity index (χ2v) is 3.83. The Morgan fingerprint density at radius 2 is 2.25 bits per heavy atom. The van der Waals surface area contributed by atoms with Crippen molar-refractivity contribution >= 4 is 11.5 Å². The van der Waals surface area contributed by atoms with Gasteiger partial charge in [0.15, 0.2) is 5.65 Å². The fraction of sp³-hybridized carbons (Fsp3) is 0.556. The molecule has 0 atom stereocenters. The van der Waals surface area contributed by atoms with E-state index in [9.17, 15) is 0 Å². The molecule has 2 heterocycles. The number of tetrazole rings is 1. The number of aromatic nitrogens is 5. The third-order valence-corrected chi connectivity index (χ3v) is 2.16. The summed E-state index contributed by atoms with van der Waals surface area (Å²) in [5.74, 6) is 0.790.